The fourth-order valence-corrected chi connectivity index (χ4v) is 7.60. The molecule has 0 spiro atoms. The molecule has 0 bridgehead atoms. The molecular weight excluding hydrogens is 643 g/mol. The van der Waals surface area contributed by atoms with Gasteiger partial charge in [0.15, 0.2) is 6.23 Å². The highest BCUT2D eigenvalue weighted by molar-refractivity contribution is 7.80. The van der Waals surface area contributed by atoms with Crippen LogP contribution < -0.4 is 11.2 Å². The lowest BCUT2D eigenvalue weighted by atomic mass is 9.75. The third-order valence-corrected chi connectivity index (χ3v) is 9.47. The van der Waals surface area contributed by atoms with E-state index >= 15 is 0 Å². The number of aromatic nitrogens is 2. The summed E-state index contributed by atoms with van der Waals surface area (Å²) < 4.78 is 25.3. The molecule has 11 nitrogen and oxygen atoms in total. The first-order chi connectivity index (χ1) is 22.5. The molecule has 6 rings (SSSR count). The number of Topliss-reactive ketones (excluding diaryl/α,β-unsaturated/α-hetero) is 1. The quantitative estimate of drug-likeness (QED) is 0.190. The number of hydrogen-bond donors (Lipinski definition) is 2. The summed E-state index contributed by atoms with van der Waals surface area (Å²) in [5.41, 5.74) is 1.36. The third kappa shape index (κ3) is 7.12. The van der Waals surface area contributed by atoms with Crippen molar-refractivity contribution in [1.29, 1.82) is 0 Å². The monoisotopic (exact) mass is 678 g/mol. The SMILES string of the molecule is Cc1cn(C2CN(C(c3ccccc3)(c3ccccc3)c3ccccc3)CC(CC3CC(=O)CCN3OP(=O)(O)Cl)O2)c(=O)[nH]c1=O. The van der Waals surface area contributed by atoms with Gasteiger partial charge in [0.2, 0.25) is 0 Å². The minimum absolute atomic E-state index is 0.0129. The van der Waals surface area contributed by atoms with Crippen LogP contribution in [-0.4, -0.2) is 62.0 Å². The van der Waals surface area contributed by atoms with Gasteiger partial charge in [-0.2, -0.15) is 5.06 Å². The van der Waals surface area contributed by atoms with E-state index in [-0.39, 0.29) is 38.1 Å². The summed E-state index contributed by atoms with van der Waals surface area (Å²) in [6.07, 6.45) is 0.494. The number of nitrogens with one attached hydrogen (secondary N) is 1. The van der Waals surface area contributed by atoms with Gasteiger partial charge in [0.25, 0.3) is 5.56 Å². The molecule has 2 N–H and O–H groups in total. The van der Waals surface area contributed by atoms with Crippen LogP contribution in [0.5, 0.6) is 0 Å². The number of aryl methyl sites for hydroxylation is 1. The Labute approximate surface area is 276 Å². The largest absolute Gasteiger partial charge is 0.438 e. The summed E-state index contributed by atoms with van der Waals surface area (Å²) in [6.45, 7) is -2.11. The van der Waals surface area contributed by atoms with Crippen molar-refractivity contribution in [3.05, 3.63) is 140 Å². The van der Waals surface area contributed by atoms with Gasteiger partial charge in [-0.1, -0.05) is 91.0 Å². The number of halogens is 1. The first kappa shape index (κ1) is 33.2. The molecule has 47 heavy (non-hydrogen) atoms. The van der Waals surface area contributed by atoms with Gasteiger partial charge in [0, 0.05) is 61.5 Å². The maximum absolute atomic E-state index is 13.3. The molecule has 4 unspecified atom stereocenters. The average Bonchev–Trinajstić information content (AvgIpc) is 3.05. The minimum atomic E-state index is -4.42. The van der Waals surface area contributed by atoms with E-state index in [1.54, 1.807) is 6.92 Å². The summed E-state index contributed by atoms with van der Waals surface area (Å²) in [6, 6.07) is 29.6. The number of aromatic amines is 1. The normalized spacial score (nSPS) is 22.5. The Hall–Kier alpha value is -3.67. The molecule has 3 heterocycles. The zero-order valence-electron chi connectivity index (χ0n) is 25.8. The number of benzene rings is 3. The first-order valence-corrected chi connectivity index (χ1v) is 17.9. The predicted molar refractivity (Wildman–Crippen MR) is 177 cm³/mol. The molecule has 2 fully saturated rings. The number of ether oxygens (including phenoxy) is 1. The fraction of sp³-hybridized carbons (Fsp3) is 0.324. The molecule has 13 heteroatoms. The molecule has 2 aliphatic heterocycles. The highest BCUT2D eigenvalue weighted by Crippen LogP contribution is 2.50. The van der Waals surface area contributed by atoms with Crippen LogP contribution in [0.2, 0.25) is 0 Å². The Bertz CT molecular complexity index is 1770. The van der Waals surface area contributed by atoms with Gasteiger partial charge in [-0.15, -0.1) is 0 Å². The van der Waals surface area contributed by atoms with Crippen molar-refractivity contribution in [2.24, 2.45) is 0 Å². The number of rotatable bonds is 9. The molecule has 4 atom stereocenters. The zero-order chi connectivity index (χ0) is 33.2. The van der Waals surface area contributed by atoms with Crippen LogP contribution in [0.15, 0.2) is 107 Å². The molecule has 246 valence electrons. The van der Waals surface area contributed by atoms with Gasteiger partial charge in [-0.25, -0.2) is 14.0 Å². The molecule has 0 radical (unpaired) electrons. The number of carbonyl (C=O) groups excluding carboxylic acids is 1. The van der Waals surface area contributed by atoms with E-state index < -0.39 is 42.1 Å². The van der Waals surface area contributed by atoms with Gasteiger partial charge >= 0.3 is 12.6 Å². The topological polar surface area (TPSA) is 134 Å². The molecule has 4 aromatic rings. The fourth-order valence-electron chi connectivity index (χ4n) is 6.89. The second-order valence-electron chi connectivity index (χ2n) is 12.0. The van der Waals surface area contributed by atoms with E-state index in [0.717, 1.165) is 16.7 Å². The van der Waals surface area contributed by atoms with E-state index in [9.17, 15) is 23.8 Å². The molecule has 0 saturated carbocycles. The van der Waals surface area contributed by atoms with Crippen molar-refractivity contribution in [1.82, 2.24) is 19.5 Å². The lowest BCUT2D eigenvalue weighted by Gasteiger charge is -2.51. The number of nitrogens with zero attached hydrogens (tertiary/aromatic N) is 3. The van der Waals surface area contributed by atoms with Crippen molar-refractivity contribution >= 4 is 24.0 Å². The Balaban J connectivity index is 1.51. The molecule has 1 aromatic heterocycles. The highest BCUT2D eigenvalue weighted by atomic mass is 35.7. The number of carbonyl (C=O) groups is 1. The van der Waals surface area contributed by atoms with Gasteiger partial charge in [-0.3, -0.25) is 24.0 Å². The molecule has 3 aromatic carbocycles. The molecule has 2 aliphatic rings. The second-order valence-corrected chi connectivity index (χ2v) is 14.3. The van der Waals surface area contributed by atoms with E-state index in [1.807, 2.05) is 54.6 Å². The van der Waals surface area contributed by atoms with Crippen molar-refractivity contribution in [3.63, 3.8) is 0 Å². The van der Waals surface area contributed by atoms with Crippen LogP contribution in [0.4, 0.5) is 0 Å². The standard InChI is InChI=1S/C34H36ClN4O7P/c1-24-21-38(33(42)36-32(24)41)31-23-37(22-30(45-31)20-28-19-29(40)17-18-39(28)46-47(35,43)44)34(25-11-5-2-6-12-25,26-13-7-3-8-14-26)27-15-9-4-10-16-27/h2-16,21,28,30-31H,17-20,22-23H2,1H3,(H,43,44)(H,36,41,42). The lowest BCUT2D eigenvalue weighted by molar-refractivity contribution is -0.171. The van der Waals surface area contributed by atoms with E-state index in [4.69, 9.17) is 20.6 Å². The van der Waals surface area contributed by atoms with Gasteiger partial charge in [0.1, 0.15) is 5.78 Å². The number of hydrogen-bond acceptors (Lipinski definition) is 8. The van der Waals surface area contributed by atoms with Gasteiger partial charge < -0.3 is 9.63 Å². The van der Waals surface area contributed by atoms with Gasteiger partial charge in [-0.05, 0) is 30.0 Å². The summed E-state index contributed by atoms with van der Waals surface area (Å²) in [7, 11) is 0. The highest BCUT2D eigenvalue weighted by Gasteiger charge is 2.47. The van der Waals surface area contributed by atoms with Crippen LogP contribution in [0.25, 0.3) is 0 Å². The zero-order valence-corrected chi connectivity index (χ0v) is 27.4. The van der Waals surface area contributed by atoms with Crippen molar-refractivity contribution in [3.8, 4) is 0 Å². The number of H-pyrrole nitrogens is 1. The molecule has 0 amide bonds. The Kier molecular flexibility index (Phi) is 9.77. The van der Waals surface area contributed by atoms with Crippen molar-refractivity contribution in [2.75, 3.05) is 19.6 Å². The van der Waals surface area contributed by atoms with E-state index in [0.29, 0.717) is 12.1 Å². The van der Waals surface area contributed by atoms with Crippen LogP contribution in [-0.2, 0) is 24.3 Å². The number of hydroxylamine groups is 2. The molecule has 2 saturated heterocycles. The summed E-state index contributed by atoms with van der Waals surface area (Å²) in [5, 5.41) is 1.31. The van der Waals surface area contributed by atoms with Crippen LogP contribution in [0.3, 0.4) is 0 Å². The molecular formula is C34H36ClN4O7P. The number of morpholine rings is 1. The minimum Gasteiger partial charge on any atom is -0.352 e. The van der Waals surface area contributed by atoms with Crippen LogP contribution in [0.1, 0.15) is 47.7 Å². The van der Waals surface area contributed by atoms with Crippen LogP contribution >= 0.6 is 18.2 Å². The predicted octanol–water partition coefficient (Wildman–Crippen LogP) is 4.73. The van der Waals surface area contributed by atoms with E-state index in [1.165, 1.54) is 15.8 Å². The average molecular weight is 679 g/mol. The Morgan fingerprint density at radius 3 is 2.02 bits per heavy atom. The summed E-state index contributed by atoms with van der Waals surface area (Å²) >= 11 is 5.60. The smallest absolute Gasteiger partial charge is 0.352 e. The third-order valence-electron chi connectivity index (χ3n) is 8.88. The summed E-state index contributed by atoms with van der Waals surface area (Å²) in [5.74, 6) is -0.0129. The van der Waals surface area contributed by atoms with E-state index in [2.05, 4.69) is 46.3 Å². The second kappa shape index (κ2) is 13.8. The van der Waals surface area contributed by atoms with Crippen LogP contribution in [0, 0.1) is 6.92 Å². The van der Waals surface area contributed by atoms with Crippen molar-refractivity contribution < 1.29 is 23.6 Å². The summed E-state index contributed by atoms with van der Waals surface area (Å²) in [4.78, 5) is 52.7. The number of piperidine rings is 1. The Morgan fingerprint density at radius 2 is 1.49 bits per heavy atom. The lowest BCUT2D eigenvalue weighted by Crippen LogP contribution is -2.58. The van der Waals surface area contributed by atoms with Gasteiger partial charge in [0.05, 0.1) is 11.6 Å². The Morgan fingerprint density at radius 1 is 0.936 bits per heavy atom. The molecule has 0 aliphatic carbocycles. The maximum Gasteiger partial charge on any atom is 0.438 e. The number of ketones is 1. The maximum atomic E-state index is 13.3. The first-order valence-electron chi connectivity index (χ1n) is 15.4. The van der Waals surface area contributed by atoms with Crippen molar-refractivity contribution in [2.45, 2.75) is 50.1 Å².